The minimum absolute atomic E-state index is 0.335. The van der Waals surface area contributed by atoms with Gasteiger partial charge in [0.05, 0.1) is 11.4 Å². The molecule has 0 aliphatic rings. The number of aryl methyl sites for hydroxylation is 1. The molecule has 0 saturated carbocycles. The van der Waals surface area contributed by atoms with Crippen molar-refractivity contribution in [3.63, 3.8) is 0 Å². The standard InChI is InChI=1S/C25H24N2O3/c1-2-3-9-21-22(27-16-7-6-11-24(27)26-21)17-18-12-14-19(15-13-18)20-8-4-5-10-23(20)30-25(28)29/h4-8,10-16H,2-3,9,17H2,1H3,(H,28,29). The van der Waals surface area contributed by atoms with Crippen LogP contribution in [0.15, 0.2) is 72.9 Å². The predicted octanol–water partition coefficient (Wildman–Crippen LogP) is 5.99. The molecule has 0 aliphatic heterocycles. The van der Waals surface area contributed by atoms with E-state index in [4.69, 9.17) is 14.8 Å². The van der Waals surface area contributed by atoms with E-state index in [1.165, 1.54) is 11.3 Å². The molecule has 152 valence electrons. The largest absolute Gasteiger partial charge is 0.511 e. The van der Waals surface area contributed by atoms with E-state index in [9.17, 15) is 4.79 Å². The second-order valence-corrected chi connectivity index (χ2v) is 7.28. The van der Waals surface area contributed by atoms with Crippen molar-refractivity contribution in [1.82, 2.24) is 9.38 Å². The maximum absolute atomic E-state index is 11.0. The van der Waals surface area contributed by atoms with Crippen LogP contribution in [0.1, 0.15) is 36.7 Å². The molecule has 0 spiro atoms. The molecular weight excluding hydrogens is 376 g/mol. The fourth-order valence-corrected chi connectivity index (χ4v) is 3.71. The second kappa shape index (κ2) is 8.82. The van der Waals surface area contributed by atoms with Crippen molar-refractivity contribution in [1.29, 1.82) is 0 Å². The summed E-state index contributed by atoms with van der Waals surface area (Å²) < 4.78 is 7.10. The number of hydrogen-bond acceptors (Lipinski definition) is 3. The van der Waals surface area contributed by atoms with Crippen molar-refractivity contribution < 1.29 is 14.6 Å². The number of carboxylic acid groups (broad SMARTS) is 1. The third kappa shape index (κ3) is 4.20. The van der Waals surface area contributed by atoms with Crippen LogP contribution in [0.4, 0.5) is 4.79 Å². The van der Waals surface area contributed by atoms with Gasteiger partial charge < -0.3 is 14.2 Å². The fourth-order valence-electron chi connectivity index (χ4n) is 3.71. The molecule has 5 nitrogen and oxygen atoms in total. The molecule has 0 aliphatic carbocycles. The van der Waals surface area contributed by atoms with Gasteiger partial charge in [-0.3, -0.25) is 0 Å². The van der Waals surface area contributed by atoms with Gasteiger partial charge in [0.2, 0.25) is 0 Å². The lowest BCUT2D eigenvalue weighted by Crippen LogP contribution is -2.04. The molecule has 5 heteroatoms. The van der Waals surface area contributed by atoms with Crippen LogP contribution in [0.3, 0.4) is 0 Å². The van der Waals surface area contributed by atoms with Gasteiger partial charge in [0.1, 0.15) is 11.4 Å². The molecule has 0 fully saturated rings. The third-order valence-corrected chi connectivity index (χ3v) is 5.20. The zero-order chi connectivity index (χ0) is 20.9. The highest BCUT2D eigenvalue weighted by molar-refractivity contribution is 5.74. The number of nitrogens with zero attached hydrogens (tertiary/aromatic N) is 2. The Hall–Kier alpha value is -3.60. The summed E-state index contributed by atoms with van der Waals surface area (Å²) in [6.07, 6.45) is 4.78. The van der Waals surface area contributed by atoms with Crippen molar-refractivity contribution in [3.8, 4) is 16.9 Å². The zero-order valence-electron chi connectivity index (χ0n) is 16.9. The first-order chi connectivity index (χ1) is 14.7. The molecule has 30 heavy (non-hydrogen) atoms. The lowest BCUT2D eigenvalue weighted by molar-refractivity contribution is 0.144. The topological polar surface area (TPSA) is 63.8 Å². The smallest absolute Gasteiger partial charge is 0.449 e. The van der Waals surface area contributed by atoms with Gasteiger partial charge in [0.15, 0.2) is 0 Å². The number of carbonyl (C=O) groups is 1. The quantitative estimate of drug-likeness (QED) is 0.306. The van der Waals surface area contributed by atoms with E-state index in [-0.39, 0.29) is 0 Å². The molecule has 0 saturated heterocycles. The number of fused-ring (bicyclic) bond motifs is 1. The van der Waals surface area contributed by atoms with E-state index >= 15 is 0 Å². The Morgan fingerprint density at radius 1 is 1.03 bits per heavy atom. The number of para-hydroxylation sites is 1. The summed E-state index contributed by atoms with van der Waals surface area (Å²) in [6.45, 7) is 2.19. The van der Waals surface area contributed by atoms with Crippen molar-refractivity contribution in [2.45, 2.75) is 32.6 Å². The Balaban J connectivity index is 1.63. The highest BCUT2D eigenvalue weighted by Crippen LogP contribution is 2.30. The van der Waals surface area contributed by atoms with Gasteiger partial charge in [-0.15, -0.1) is 0 Å². The number of imidazole rings is 1. The normalized spacial score (nSPS) is 11.0. The fraction of sp³-hybridized carbons (Fsp3) is 0.200. The summed E-state index contributed by atoms with van der Waals surface area (Å²) in [5.41, 5.74) is 6.22. The highest BCUT2D eigenvalue weighted by Gasteiger charge is 2.13. The van der Waals surface area contributed by atoms with Crippen LogP contribution in [-0.4, -0.2) is 20.6 Å². The van der Waals surface area contributed by atoms with E-state index < -0.39 is 6.16 Å². The zero-order valence-corrected chi connectivity index (χ0v) is 16.9. The van der Waals surface area contributed by atoms with Gasteiger partial charge in [0, 0.05) is 18.2 Å². The number of pyridine rings is 1. The molecule has 0 atom stereocenters. The first kappa shape index (κ1) is 19.7. The number of benzene rings is 2. The summed E-state index contributed by atoms with van der Waals surface area (Å²) >= 11 is 0. The molecular formula is C25H24N2O3. The molecule has 0 unspecified atom stereocenters. The van der Waals surface area contributed by atoms with Crippen LogP contribution in [0.2, 0.25) is 0 Å². The summed E-state index contributed by atoms with van der Waals surface area (Å²) in [5, 5.41) is 8.97. The Labute approximate surface area is 175 Å². The molecule has 2 heterocycles. The average molecular weight is 400 g/mol. The van der Waals surface area contributed by atoms with Gasteiger partial charge >= 0.3 is 6.16 Å². The molecule has 2 aromatic heterocycles. The molecule has 0 amide bonds. The molecule has 1 N–H and O–H groups in total. The van der Waals surface area contributed by atoms with E-state index in [0.29, 0.717) is 5.75 Å². The van der Waals surface area contributed by atoms with E-state index in [0.717, 1.165) is 48.2 Å². The second-order valence-electron chi connectivity index (χ2n) is 7.28. The van der Waals surface area contributed by atoms with Crippen molar-refractivity contribution in [2.75, 3.05) is 0 Å². The molecule has 0 radical (unpaired) electrons. The monoisotopic (exact) mass is 400 g/mol. The van der Waals surface area contributed by atoms with Crippen molar-refractivity contribution in [3.05, 3.63) is 89.9 Å². The molecule has 4 rings (SSSR count). The average Bonchev–Trinajstić information content (AvgIpc) is 3.10. The number of rotatable bonds is 7. The third-order valence-electron chi connectivity index (χ3n) is 5.20. The van der Waals surface area contributed by atoms with Crippen LogP contribution in [0, 0.1) is 0 Å². The number of hydrogen-bond donors (Lipinski definition) is 1. The summed E-state index contributed by atoms with van der Waals surface area (Å²) in [4.78, 5) is 15.8. The molecule has 0 bridgehead atoms. The Morgan fingerprint density at radius 3 is 2.57 bits per heavy atom. The SMILES string of the molecule is CCCCc1nc2ccccn2c1Cc1ccc(-c2ccccc2OC(=O)O)cc1. The maximum atomic E-state index is 11.0. The summed E-state index contributed by atoms with van der Waals surface area (Å²) in [7, 11) is 0. The number of unbranched alkanes of at least 4 members (excludes halogenated alkanes) is 1. The van der Waals surface area contributed by atoms with E-state index in [2.05, 4.69) is 29.7 Å². The first-order valence-electron chi connectivity index (χ1n) is 10.2. The van der Waals surface area contributed by atoms with Crippen molar-refractivity contribution >= 4 is 11.8 Å². The molecule has 2 aromatic carbocycles. The van der Waals surface area contributed by atoms with Crippen LogP contribution in [0.5, 0.6) is 5.75 Å². The van der Waals surface area contributed by atoms with Crippen LogP contribution < -0.4 is 4.74 Å². The highest BCUT2D eigenvalue weighted by atomic mass is 16.7. The Kier molecular flexibility index (Phi) is 5.80. The Bertz CT molecular complexity index is 1160. The lowest BCUT2D eigenvalue weighted by atomic mass is 10.0. The maximum Gasteiger partial charge on any atom is 0.511 e. The predicted molar refractivity (Wildman–Crippen MR) is 117 cm³/mol. The minimum atomic E-state index is -1.31. The van der Waals surface area contributed by atoms with Gasteiger partial charge in [-0.2, -0.15) is 0 Å². The van der Waals surface area contributed by atoms with Crippen LogP contribution in [-0.2, 0) is 12.8 Å². The van der Waals surface area contributed by atoms with Crippen LogP contribution in [0.25, 0.3) is 16.8 Å². The van der Waals surface area contributed by atoms with Gasteiger partial charge in [-0.05, 0) is 42.2 Å². The van der Waals surface area contributed by atoms with Gasteiger partial charge in [-0.25, -0.2) is 9.78 Å². The first-order valence-corrected chi connectivity index (χ1v) is 10.2. The van der Waals surface area contributed by atoms with Gasteiger partial charge in [0.25, 0.3) is 0 Å². The number of aromatic nitrogens is 2. The summed E-state index contributed by atoms with van der Waals surface area (Å²) in [6, 6.07) is 21.4. The minimum Gasteiger partial charge on any atom is -0.449 e. The lowest BCUT2D eigenvalue weighted by Gasteiger charge is -2.10. The van der Waals surface area contributed by atoms with Crippen molar-refractivity contribution in [2.24, 2.45) is 0 Å². The van der Waals surface area contributed by atoms with E-state index in [1.54, 1.807) is 12.1 Å². The van der Waals surface area contributed by atoms with Crippen LogP contribution >= 0.6 is 0 Å². The summed E-state index contributed by atoms with van der Waals surface area (Å²) in [5.74, 6) is 0.335. The number of ether oxygens (including phenoxy) is 1. The Morgan fingerprint density at radius 2 is 1.80 bits per heavy atom. The van der Waals surface area contributed by atoms with Gasteiger partial charge in [-0.1, -0.05) is 61.9 Å². The molecule has 4 aromatic rings. The van der Waals surface area contributed by atoms with E-state index in [1.807, 2.05) is 42.5 Å².